The number of aryl methyl sites for hydroxylation is 2. The standard InChI is InChI=1S/C19H24N2O4S/c1-5-11-25-19-16(7-6-8-17(19)24-4)13-20-21-26(22,23)18-10-9-14(2)12-15(18)3/h6-10,12-13,21H,5,11H2,1-4H3/b20-13+. The molecule has 0 saturated heterocycles. The number of methoxy groups -OCH3 is 1. The summed E-state index contributed by atoms with van der Waals surface area (Å²) < 4.78 is 35.9. The van der Waals surface area contributed by atoms with Gasteiger partial charge in [0.05, 0.1) is 24.8 Å². The first-order chi connectivity index (χ1) is 12.4. The van der Waals surface area contributed by atoms with Crippen molar-refractivity contribution in [2.75, 3.05) is 13.7 Å². The zero-order chi connectivity index (χ0) is 19.2. The van der Waals surface area contributed by atoms with Gasteiger partial charge in [0.1, 0.15) is 0 Å². The summed E-state index contributed by atoms with van der Waals surface area (Å²) in [6.45, 7) is 6.19. The molecule has 0 amide bonds. The monoisotopic (exact) mass is 376 g/mol. The van der Waals surface area contributed by atoms with E-state index in [0.717, 1.165) is 12.0 Å². The predicted octanol–water partition coefficient (Wildman–Crippen LogP) is 3.41. The van der Waals surface area contributed by atoms with Crippen LogP contribution in [-0.4, -0.2) is 28.3 Å². The zero-order valence-corrected chi connectivity index (χ0v) is 16.3. The Hall–Kier alpha value is -2.54. The Morgan fingerprint density at radius 2 is 1.96 bits per heavy atom. The van der Waals surface area contributed by atoms with E-state index in [1.165, 1.54) is 6.21 Å². The normalized spacial score (nSPS) is 11.5. The van der Waals surface area contributed by atoms with Gasteiger partial charge in [-0.15, -0.1) is 0 Å². The third kappa shape index (κ3) is 4.76. The average Bonchev–Trinajstić information content (AvgIpc) is 2.59. The molecule has 26 heavy (non-hydrogen) atoms. The second kappa shape index (κ2) is 8.71. The molecule has 0 saturated carbocycles. The van der Waals surface area contributed by atoms with Crippen molar-refractivity contribution in [3.05, 3.63) is 53.1 Å². The van der Waals surface area contributed by atoms with E-state index in [2.05, 4.69) is 9.93 Å². The van der Waals surface area contributed by atoms with Gasteiger partial charge in [-0.05, 0) is 44.0 Å². The van der Waals surface area contributed by atoms with Crippen LogP contribution in [-0.2, 0) is 10.0 Å². The number of para-hydroxylation sites is 1. The maximum Gasteiger partial charge on any atom is 0.276 e. The fourth-order valence-corrected chi connectivity index (χ4v) is 3.49. The largest absolute Gasteiger partial charge is 0.493 e. The lowest BCUT2D eigenvalue weighted by molar-refractivity contribution is 0.294. The number of rotatable bonds is 8. The van der Waals surface area contributed by atoms with Gasteiger partial charge >= 0.3 is 0 Å². The Bertz CT molecular complexity index is 892. The Labute approximate surface area is 154 Å². The SMILES string of the molecule is CCCOc1c(/C=N/NS(=O)(=O)c2ccc(C)cc2C)cccc1OC. The summed E-state index contributed by atoms with van der Waals surface area (Å²) in [5, 5.41) is 3.90. The topological polar surface area (TPSA) is 77.0 Å². The lowest BCUT2D eigenvalue weighted by Gasteiger charge is -2.12. The molecule has 0 aromatic heterocycles. The summed E-state index contributed by atoms with van der Waals surface area (Å²) in [6.07, 6.45) is 2.25. The van der Waals surface area contributed by atoms with Crippen LogP contribution in [0.1, 0.15) is 30.0 Å². The Morgan fingerprint density at radius 3 is 2.62 bits per heavy atom. The van der Waals surface area contributed by atoms with E-state index in [9.17, 15) is 8.42 Å². The molecule has 0 aliphatic carbocycles. The summed E-state index contributed by atoms with van der Waals surface area (Å²) in [4.78, 5) is 2.45. The zero-order valence-electron chi connectivity index (χ0n) is 15.4. The number of hydrogen-bond donors (Lipinski definition) is 1. The average molecular weight is 376 g/mol. The second-order valence-electron chi connectivity index (χ2n) is 5.85. The minimum atomic E-state index is -3.74. The van der Waals surface area contributed by atoms with Crippen LogP contribution < -0.4 is 14.3 Å². The maximum absolute atomic E-state index is 12.5. The van der Waals surface area contributed by atoms with E-state index in [1.807, 2.05) is 19.9 Å². The number of nitrogens with one attached hydrogen (secondary N) is 1. The molecular weight excluding hydrogens is 352 g/mol. The quantitative estimate of drug-likeness (QED) is 0.566. The van der Waals surface area contributed by atoms with Gasteiger partial charge in [0, 0.05) is 5.56 Å². The summed E-state index contributed by atoms with van der Waals surface area (Å²) in [6, 6.07) is 10.5. The molecule has 6 nitrogen and oxygen atoms in total. The maximum atomic E-state index is 12.5. The fraction of sp³-hybridized carbons (Fsp3) is 0.316. The van der Waals surface area contributed by atoms with Crippen molar-refractivity contribution in [3.8, 4) is 11.5 Å². The molecule has 0 heterocycles. The number of ether oxygens (including phenoxy) is 2. The predicted molar refractivity (Wildman–Crippen MR) is 103 cm³/mol. The van der Waals surface area contributed by atoms with Crippen LogP contribution in [0.25, 0.3) is 0 Å². The van der Waals surface area contributed by atoms with Crippen molar-refractivity contribution in [2.24, 2.45) is 5.10 Å². The fourth-order valence-electron chi connectivity index (χ4n) is 2.47. The van der Waals surface area contributed by atoms with E-state index in [4.69, 9.17) is 9.47 Å². The van der Waals surface area contributed by atoms with E-state index in [0.29, 0.717) is 29.2 Å². The third-order valence-electron chi connectivity index (χ3n) is 3.68. The molecule has 140 valence electrons. The first-order valence-corrected chi connectivity index (χ1v) is 9.79. The molecule has 0 bridgehead atoms. The number of hydrogen-bond acceptors (Lipinski definition) is 5. The minimum absolute atomic E-state index is 0.202. The Morgan fingerprint density at radius 1 is 1.19 bits per heavy atom. The number of benzene rings is 2. The minimum Gasteiger partial charge on any atom is -0.493 e. The van der Waals surface area contributed by atoms with Crippen molar-refractivity contribution in [3.63, 3.8) is 0 Å². The molecule has 7 heteroatoms. The first-order valence-electron chi connectivity index (χ1n) is 8.31. The third-order valence-corrected chi connectivity index (χ3v) is 5.06. The Kier molecular flexibility index (Phi) is 6.63. The second-order valence-corrected chi connectivity index (χ2v) is 7.48. The highest BCUT2D eigenvalue weighted by Gasteiger charge is 2.16. The lowest BCUT2D eigenvalue weighted by Crippen LogP contribution is -2.19. The van der Waals surface area contributed by atoms with E-state index in [1.54, 1.807) is 44.4 Å². The van der Waals surface area contributed by atoms with E-state index < -0.39 is 10.0 Å². The highest BCUT2D eigenvalue weighted by molar-refractivity contribution is 7.89. The van der Waals surface area contributed by atoms with E-state index >= 15 is 0 Å². The van der Waals surface area contributed by atoms with Crippen molar-refractivity contribution in [2.45, 2.75) is 32.1 Å². The summed E-state index contributed by atoms with van der Waals surface area (Å²) >= 11 is 0. The molecular formula is C19H24N2O4S. The van der Waals surface area contributed by atoms with E-state index in [-0.39, 0.29) is 4.90 Å². The summed E-state index contributed by atoms with van der Waals surface area (Å²) in [5.41, 5.74) is 2.29. The molecule has 1 N–H and O–H groups in total. The van der Waals surface area contributed by atoms with Crippen LogP contribution in [0.5, 0.6) is 11.5 Å². The van der Waals surface area contributed by atoms with Gasteiger partial charge in [0.15, 0.2) is 11.5 Å². The molecule has 0 radical (unpaired) electrons. The molecule has 0 aliphatic heterocycles. The van der Waals surface area contributed by atoms with Gasteiger partial charge in [0.2, 0.25) is 0 Å². The molecule has 2 aromatic carbocycles. The van der Waals surface area contributed by atoms with Gasteiger partial charge in [-0.25, -0.2) is 4.83 Å². The number of hydrazone groups is 1. The van der Waals surface area contributed by atoms with Crippen molar-refractivity contribution < 1.29 is 17.9 Å². The Balaban J connectivity index is 2.24. The van der Waals surface area contributed by atoms with Gasteiger partial charge < -0.3 is 9.47 Å². The summed E-state index contributed by atoms with van der Waals surface area (Å²) in [7, 11) is -2.19. The smallest absolute Gasteiger partial charge is 0.276 e. The molecule has 0 unspecified atom stereocenters. The van der Waals surface area contributed by atoms with Gasteiger partial charge in [0.25, 0.3) is 10.0 Å². The highest BCUT2D eigenvalue weighted by atomic mass is 32.2. The van der Waals surface area contributed by atoms with Crippen LogP contribution in [0, 0.1) is 13.8 Å². The van der Waals surface area contributed by atoms with Crippen LogP contribution in [0.15, 0.2) is 46.4 Å². The first kappa shape index (κ1) is 19.8. The van der Waals surface area contributed by atoms with Crippen LogP contribution in [0.3, 0.4) is 0 Å². The van der Waals surface area contributed by atoms with Crippen LogP contribution in [0.2, 0.25) is 0 Å². The molecule has 0 spiro atoms. The van der Waals surface area contributed by atoms with Crippen molar-refractivity contribution >= 4 is 16.2 Å². The molecule has 2 rings (SSSR count). The summed E-state index contributed by atoms with van der Waals surface area (Å²) in [5.74, 6) is 1.10. The number of sulfonamides is 1. The van der Waals surface area contributed by atoms with Crippen molar-refractivity contribution in [1.82, 2.24) is 4.83 Å². The van der Waals surface area contributed by atoms with Crippen LogP contribution >= 0.6 is 0 Å². The molecule has 0 aliphatic rings. The highest BCUT2D eigenvalue weighted by Crippen LogP contribution is 2.30. The van der Waals surface area contributed by atoms with Crippen LogP contribution in [0.4, 0.5) is 0 Å². The molecule has 2 aromatic rings. The molecule has 0 fully saturated rings. The van der Waals surface area contributed by atoms with Gasteiger partial charge in [-0.2, -0.15) is 13.5 Å². The number of nitrogens with zero attached hydrogens (tertiary/aromatic N) is 1. The lowest BCUT2D eigenvalue weighted by atomic mass is 10.2. The van der Waals surface area contributed by atoms with Gasteiger partial charge in [-0.1, -0.05) is 30.7 Å². The molecule has 0 atom stereocenters. The van der Waals surface area contributed by atoms with Crippen molar-refractivity contribution in [1.29, 1.82) is 0 Å². The van der Waals surface area contributed by atoms with Gasteiger partial charge in [-0.3, -0.25) is 0 Å².